The van der Waals surface area contributed by atoms with Crippen LogP contribution in [-0.2, 0) is 9.59 Å². The van der Waals surface area contributed by atoms with E-state index in [0.717, 1.165) is 68.3 Å². The third kappa shape index (κ3) is 5.23. The van der Waals surface area contributed by atoms with Crippen LogP contribution < -0.4 is 10.2 Å². The summed E-state index contributed by atoms with van der Waals surface area (Å²) in [6.07, 6.45) is 6.19. The molecule has 0 spiro atoms. The molecule has 33 heavy (non-hydrogen) atoms. The van der Waals surface area contributed by atoms with Crippen LogP contribution in [0.3, 0.4) is 0 Å². The lowest BCUT2D eigenvalue weighted by Gasteiger charge is -2.44. The third-order valence-corrected chi connectivity index (χ3v) is 7.75. The highest BCUT2D eigenvalue weighted by Crippen LogP contribution is 2.37. The molecular formula is C28H39N3O2. The quantitative estimate of drug-likeness (QED) is 0.638. The Morgan fingerprint density at radius 3 is 2.73 bits per heavy atom. The van der Waals surface area contributed by atoms with Crippen molar-refractivity contribution in [2.75, 3.05) is 18.0 Å². The molecule has 2 aliphatic rings. The van der Waals surface area contributed by atoms with Gasteiger partial charge < -0.3 is 10.2 Å². The van der Waals surface area contributed by atoms with Crippen molar-refractivity contribution < 1.29 is 9.59 Å². The molecular weight excluding hydrogens is 410 g/mol. The lowest BCUT2D eigenvalue weighted by molar-refractivity contribution is -0.131. The van der Waals surface area contributed by atoms with E-state index in [1.807, 2.05) is 0 Å². The zero-order chi connectivity index (χ0) is 23.6. The summed E-state index contributed by atoms with van der Waals surface area (Å²) in [5, 5.41) is 4.49. The molecule has 1 saturated heterocycles. The first kappa shape index (κ1) is 23.7. The second-order valence-corrected chi connectivity index (χ2v) is 10.9. The van der Waals surface area contributed by atoms with Gasteiger partial charge in [0.1, 0.15) is 11.6 Å². The first-order chi connectivity index (χ1) is 15.8. The van der Waals surface area contributed by atoms with Gasteiger partial charge in [0.25, 0.3) is 0 Å². The molecule has 1 aromatic heterocycles. The van der Waals surface area contributed by atoms with E-state index in [1.165, 1.54) is 5.56 Å². The number of pyridine rings is 1. The molecule has 1 aromatic carbocycles. The maximum atomic E-state index is 13.3. The minimum absolute atomic E-state index is 0.0253. The normalized spacial score (nSPS) is 25.1. The highest BCUT2D eigenvalue weighted by atomic mass is 16.2. The predicted octanol–water partition coefficient (Wildman–Crippen LogP) is 5.44. The van der Waals surface area contributed by atoms with Crippen molar-refractivity contribution in [2.45, 2.75) is 78.7 Å². The topological polar surface area (TPSA) is 62.3 Å². The van der Waals surface area contributed by atoms with Gasteiger partial charge in [-0.15, -0.1) is 0 Å². The molecule has 2 aromatic rings. The van der Waals surface area contributed by atoms with Gasteiger partial charge in [-0.3, -0.25) is 9.59 Å². The Labute approximate surface area is 198 Å². The number of carbonyl (C=O) groups is 2. The molecule has 0 radical (unpaired) electrons. The molecule has 3 atom stereocenters. The molecule has 1 saturated carbocycles. The number of benzene rings is 1. The SMILES string of the molecule is CCCC(=O)[C@H]1CCC[C@H](NC(=O)[C@H]2CCN(c3ccc4cccc(C)c4n3)CC2(C)C)C1. The summed E-state index contributed by atoms with van der Waals surface area (Å²) in [7, 11) is 0. The van der Waals surface area contributed by atoms with Crippen LogP contribution in [0.2, 0.25) is 0 Å². The number of hydrogen-bond donors (Lipinski definition) is 1. The van der Waals surface area contributed by atoms with Gasteiger partial charge in [-0.05, 0) is 62.1 Å². The van der Waals surface area contributed by atoms with Crippen LogP contribution in [0.5, 0.6) is 0 Å². The number of Topliss-reactive ketones (excluding diaryl/α,β-unsaturated/α-hetero) is 1. The van der Waals surface area contributed by atoms with E-state index >= 15 is 0 Å². The lowest BCUT2D eigenvalue weighted by atomic mass is 9.73. The molecule has 4 rings (SSSR count). The van der Waals surface area contributed by atoms with E-state index in [0.29, 0.717) is 12.2 Å². The predicted molar refractivity (Wildman–Crippen MR) is 134 cm³/mol. The molecule has 0 unspecified atom stereocenters. The fourth-order valence-corrected chi connectivity index (χ4v) is 5.87. The van der Waals surface area contributed by atoms with Crippen LogP contribution in [0, 0.1) is 24.2 Å². The van der Waals surface area contributed by atoms with E-state index in [1.54, 1.807) is 0 Å². The second-order valence-electron chi connectivity index (χ2n) is 10.9. The Bertz CT molecular complexity index is 1020. The van der Waals surface area contributed by atoms with Gasteiger partial charge in [0, 0.05) is 42.8 Å². The number of hydrogen-bond acceptors (Lipinski definition) is 4. The van der Waals surface area contributed by atoms with Crippen molar-refractivity contribution in [2.24, 2.45) is 17.3 Å². The number of para-hydroxylation sites is 1. The highest BCUT2D eigenvalue weighted by Gasteiger charge is 2.41. The van der Waals surface area contributed by atoms with Crippen LogP contribution in [0.4, 0.5) is 5.82 Å². The van der Waals surface area contributed by atoms with Crippen LogP contribution in [0.1, 0.15) is 71.3 Å². The highest BCUT2D eigenvalue weighted by molar-refractivity contribution is 5.84. The van der Waals surface area contributed by atoms with Crippen molar-refractivity contribution in [1.82, 2.24) is 10.3 Å². The van der Waals surface area contributed by atoms with E-state index < -0.39 is 0 Å². The Kier molecular flexibility index (Phi) is 7.06. The van der Waals surface area contributed by atoms with Crippen LogP contribution in [0.15, 0.2) is 30.3 Å². The monoisotopic (exact) mass is 449 g/mol. The van der Waals surface area contributed by atoms with Crippen molar-refractivity contribution in [3.63, 3.8) is 0 Å². The number of aromatic nitrogens is 1. The molecule has 178 valence electrons. The van der Waals surface area contributed by atoms with E-state index in [2.05, 4.69) is 68.2 Å². The number of fused-ring (bicyclic) bond motifs is 1. The first-order valence-corrected chi connectivity index (χ1v) is 12.7. The average Bonchev–Trinajstić information content (AvgIpc) is 2.78. The van der Waals surface area contributed by atoms with Gasteiger partial charge in [0.2, 0.25) is 5.91 Å². The van der Waals surface area contributed by atoms with Crippen molar-refractivity contribution in [1.29, 1.82) is 0 Å². The maximum absolute atomic E-state index is 13.3. The van der Waals surface area contributed by atoms with Crippen molar-refractivity contribution >= 4 is 28.4 Å². The Balaban J connectivity index is 1.40. The molecule has 1 aliphatic heterocycles. The number of piperidine rings is 1. The zero-order valence-electron chi connectivity index (χ0n) is 20.7. The third-order valence-electron chi connectivity index (χ3n) is 7.75. The molecule has 5 heteroatoms. The maximum Gasteiger partial charge on any atom is 0.224 e. The number of ketones is 1. The summed E-state index contributed by atoms with van der Waals surface area (Å²) in [5.74, 6) is 1.64. The van der Waals surface area contributed by atoms with Gasteiger partial charge in [-0.25, -0.2) is 4.98 Å². The summed E-state index contributed by atoms with van der Waals surface area (Å²) < 4.78 is 0. The number of nitrogens with zero attached hydrogens (tertiary/aromatic N) is 2. The van der Waals surface area contributed by atoms with Gasteiger partial charge in [0.15, 0.2) is 0 Å². The number of anilines is 1. The van der Waals surface area contributed by atoms with E-state index in [4.69, 9.17) is 4.98 Å². The first-order valence-electron chi connectivity index (χ1n) is 12.7. The Morgan fingerprint density at radius 2 is 1.97 bits per heavy atom. The van der Waals surface area contributed by atoms with E-state index in [9.17, 15) is 9.59 Å². The van der Waals surface area contributed by atoms with Crippen molar-refractivity contribution in [3.05, 3.63) is 35.9 Å². The molecule has 1 N–H and O–H groups in total. The van der Waals surface area contributed by atoms with Gasteiger partial charge >= 0.3 is 0 Å². The second kappa shape index (κ2) is 9.82. The summed E-state index contributed by atoms with van der Waals surface area (Å²) in [4.78, 5) is 33.0. The van der Waals surface area contributed by atoms with Gasteiger partial charge in [0.05, 0.1) is 5.52 Å². The zero-order valence-corrected chi connectivity index (χ0v) is 20.7. The molecule has 1 aliphatic carbocycles. The Hall–Kier alpha value is -2.43. The lowest BCUT2D eigenvalue weighted by Crippen LogP contribution is -2.53. The summed E-state index contributed by atoms with van der Waals surface area (Å²) in [6.45, 7) is 10.2. The van der Waals surface area contributed by atoms with Crippen LogP contribution >= 0.6 is 0 Å². The van der Waals surface area contributed by atoms with Gasteiger partial charge in [-0.1, -0.05) is 45.4 Å². The number of nitrogens with one attached hydrogen (secondary N) is 1. The summed E-state index contributed by atoms with van der Waals surface area (Å²) >= 11 is 0. The molecule has 1 amide bonds. The van der Waals surface area contributed by atoms with Crippen molar-refractivity contribution in [3.8, 4) is 0 Å². The average molecular weight is 450 g/mol. The largest absolute Gasteiger partial charge is 0.356 e. The number of rotatable bonds is 6. The summed E-state index contributed by atoms with van der Waals surface area (Å²) in [5.41, 5.74) is 2.08. The van der Waals surface area contributed by atoms with Gasteiger partial charge in [-0.2, -0.15) is 0 Å². The molecule has 0 bridgehead atoms. The number of carbonyl (C=O) groups excluding carboxylic acids is 2. The van der Waals surface area contributed by atoms with Crippen LogP contribution in [0.25, 0.3) is 10.9 Å². The summed E-state index contributed by atoms with van der Waals surface area (Å²) in [6, 6.07) is 10.7. The Morgan fingerprint density at radius 1 is 1.15 bits per heavy atom. The number of aryl methyl sites for hydroxylation is 1. The number of amides is 1. The minimum atomic E-state index is -0.156. The molecule has 5 nitrogen and oxygen atoms in total. The standard InChI is InChI=1S/C28H39N3O2/c1-5-8-24(32)21-11-7-12-22(17-21)29-27(33)23-15-16-31(18-28(23,3)4)25-14-13-20-10-6-9-19(2)26(20)30-25/h6,9-10,13-14,21-23H,5,7-8,11-12,15-18H2,1-4H3,(H,29,33)/t21-,22-,23+/m0/s1. The van der Waals surface area contributed by atoms with Crippen LogP contribution in [-0.4, -0.2) is 35.8 Å². The molecule has 2 heterocycles. The van der Waals surface area contributed by atoms with E-state index in [-0.39, 0.29) is 29.2 Å². The minimum Gasteiger partial charge on any atom is -0.356 e. The fraction of sp³-hybridized carbons (Fsp3) is 0.607. The fourth-order valence-electron chi connectivity index (χ4n) is 5.87. The molecule has 2 fully saturated rings. The smallest absolute Gasteiger partial charge is 0.224 e.